The van der Waals surface area contributed by atoms with E-state index in [1.165, 1.54) is 0 Å². The standard InChI is InChI=1S/C15H20N2O2/c1-12(2)15(18)10-17(11-15)7-8-19-14-5-3-13(9-16)4-6-14/h3-6,12,18H,7-8,10-11H2,1-2H3. The monoisotopic (exact) mass is 260 g/mol. The Labute approximate surface area is 114 Å². The van der Waals surface area contributed by atoms with Crippen LogP contribution in [0.15, 0.2) is 24.3 Å². The van der Waals surface area contributed by atoms with Crippen LogP contribution >= 0.6 is 0 Å². The van der Waals surface area contributed by atoms with Crippen LogP contribution < -0.4 is 4.74 Å². The van der Waals surface area contributed by atoms with Crippen molar-refractivity contribution in [2.24, 2.45) is 5.92 Å². The van der Waals surface area contributed by atoms with Gasteiger partial charge in [0.25, 0.3) is 0 Å². The van der Waals surface area contributed by atoms with E-state index >= 15 is 0 Å². The van der Waals surface area contributed by atoms with E-state index in [0.717, 1.165) is 25.4 Å². The average molecular weight is 260 g/mol. The van der Waals surface area contributed by atoms with E-state index in [2.05, 4.69) is 11.0 Å². The highest BCUT2D eigenvalue weighted by atomic mass is 16.5. The molecule has 0 amide bonds. The Balaban J connectivity index is 1.69. The summed E-state index contributed by atoms with van der Waals surface area (Å²) in [6, 6.07) is 9.18. The van der Waals surface area contributed by atoms with Gasteiger partial charge in [-0.1, -0.05) is 13.8 Å². The van der Waals surface area contributed by atoms with Gasteiger partial charge in [-0.05, 0) is 30.2 Å². The van der Waals surface area contributed by atoms with Crippen LogP contribution in [0.2, 0.25) is 0 Å². The van der Waals surface area contributed by atoms with Crippen LogP contribution in [-0.4, -0.2) is 41.8 Å². The fourth-order valence-electron chi connectivity index (χ4n) is 2.17. The van der Waals surface area contributed by atoms with E-state index in [1.54, 1.807) is 24.3 Å². The molecule has 2 rings (SSSR count). The van der Waals surface area contributed by atoms with Crippen molar-refractivity contribution in [1.29, 1.82) is 5.26 Å². The number of ether oxygens (including phenoxy) is 1. The number of rotatable bonds is 5. The second-order valence-electron chi connectivity index (χ2n) is 5.45. The molecule has 0 aliphatic carbocycles. The molecular formula is C15H20N2O2. The molecule has 1 aliphatic rings. The molecule has 19 heavy (non-hydrogen) atoms. The van der Waals surface area contributed by atoms with Gasteiger partial charge in [-0.25, -0.2) is 0 Å². The molecule has 0 bridgehead atoms. The number of benzene rings is 1. The molecule has 1 fully saturated rings. The van der Waals surface area contributed by atoms with Crippen molar-refractivity contribution < 1.29 is 9.84 Å². The lowest BCUT2D eigenvalue weighted by Crippen LogP contribution is -2.64. The van der Waals surface area contributed by atoms with Gasteiger partial charge in [0.1, 0.15) is 12.4 Å². The third kappa shape index (κ3) is 3.25. The van der Waals surface area contributed by atoms with E-state index < -0.39 is 5.60 Å². The Morgan fingerprint density at radius 1 is 1.37 bits per heavy atom. The largest absolute Gasteiger partial charge is 0.492 e. The highest BCUT2D eigenvalue weighted by Gasteiger charge is 2.43. The number of β-amino-alcohol motifs (C(OH)–C–C–N with tert-alkyl or cyclic N) is 1. The van der Waals surface area contributed by atoms with Crippen LogP contribution in [0.3, 0.4) is 0 Å². The van der Waals surface area contributed by atoms with Crippen LogP contribution in [0.25, 0.3) is 0 Å². The summed E-state index contributed by atoms with van der Waals surface area (Å²) in [7, 11) is 0. The van der Waals surface area contributed by atoms with E-state index in [0.29, 0.717) is 18.1 Å². The van der Waals surface area contributed by atoms with E-state index in [1.807, 2.05) is 13.8 Å². The molecule has 4 nitrogen and oxygen atoms in total. The minimum Gasteiger partial charge on any atom is -0.492 e. The number of likely N-dealkylation sites (tertiary alicyclic amines) is 1. The average Bonchev–Trinajstić information content (AvgIpc) is 2.37. The molecule has 1 aromatic carbocycles. The van der Waals surface area contributed by atoms with Gasteiger partial charge in [0.2, 0.25) is 0 Å². The van der Waals surface area contributed by atoms with E-state index in [9.17, 15) is 5.11 Å². The Bertz CT molecular complexity index is 456. The normalized spacial score (nSPS) is 17.8. The highest BCUT2D eigenvalue weighted by molar-refractivity contribution is 5.34. The lowest BCUT2D eigenvalue weighted by atomic mass is 9.83. The number of aliphatic hydroxyl groups is 1. The van der Waals surface area contributed by atoms with Crippen LogP contribution in [0.5, 0.6) is 5.75 Å². The van der Waals surface area contributed by atoms with E-state index in [4.69, 9.17) is 10.00 Å². The van der Waals surface area contributed by atoms with Gasteiger partial charge >= 0.3 is 0 Å². The molecule has 0 unspecified atom stereocenters. The quantitative estimate of drug-likeness (QED) is 0.874. The molecule has 0 atom stereocenters. The van der Waals surface area contributed by atoms with Crippen molar-refractivity contribution in [3.63, 3.8) is 0 Å². The molecule has 1 saturated heterocycles. The molecule has 0 saturated carbocycles. The van der Waals surface area contributed by atoms with Crippen molar-refractivity contribution >= 4 is 0 Å². The second kappa shape index (κ2) is 5.60. The summed E-state index contributed by atoms with van der Waals surface area (Å²) in [5, 5.41) is 18.8. The summed E-state index contributed by atoms with van der Waals surface area (Å²) in [5.74, 6) is 1.07. The Morgan fingerprint density at radius 2 is 2.00 bits per heavy atom. The third-order valence-electron chi connectivity index (χ3n) is 3.73. The van der Waals surface area contributed by atoms with Crippen molar-refractivity contribution in [3.8, 4) is 11.8 Å². The number of hydrogen-bond acceptors (Lipinski definition) is 4. The zero-order chi connectivity index (χ0) is 13.9. The second-order valence-corrected chi connectivity index (χ2v) is 5.45. The minimum absolute atomic E-state index is 0.295. The fourth-order valence-corrected chi connectivity index (χ4v) is 2.17. The van der Waals surface area contributed by atoms with Crippen molar-refractivity contribution in [3.05, 3.63) is 29.8 Å². The lowest BCUT2D eigenvalue weighted by molar-refractivity contribution is -0.129. The zero-order valence-electron chi connectivity index (χ0n) is 11.5. The van der Waals surface area contributed by atoms with Crippen molar-refractivity contribution in [2.45, 2.75) is 19.4 Å². The number of nitrogens with zero attached hydrogens (tertiary/aromatic N) is 2. The molecule has 0 aromatic heterocycles. The summed E-state index contributed by atoms with van der Waals surface area (Å²) in [6.07, 6.45) is 0. The first-order valence-electron chi connectivity index (χ1n) is 6.61. The van der Waals surface area contributed by atoms with Gasteiger partial charge in [0.05, 0.1) is 17.2 Å². The molecule has 1 aliphatic heterocycles. The zero-order valence-corrected chi connectivity index (χ0v) is 11.5. The number of hydrogen-bond donors (Lipinski definition) is 1. The molecule has 0 radical (unpaired) electrons. The maximum atomic E-state index is 10.1. The molecule has 1 N–H and O–H groups in total. The molecule has 0 spiro atoms. The fraction of sp³-hybridized carbons (Fsp3) is 0.533. The Hall–Kier alpha value is -1.57. The van der Waals surface area contributed by atoms with Gasteiger partial charge in [0.15, 0.2) is 0 Å². The highest BCUT2D eigenvalue weighted by Crippen LogP contribution is 2.28. The Kier molecular flexibility index (Phi) is 4.08. The van der Waals surface area contributed by atoms with Gasteiger partial charge in [-0.2, -0.15) is 5.26 Å². The Morgan fingerprint density at radius 3 is 2.53 bits per heavy atom. The van der Waals surface area contributed by atoms with Crippen molar-refractivity contribution in [2.75, 3.05) is 26.2 Å². The molecule has 102 valence electrons. The first-order valence-corrected chi connectivity index (χ1v) is 6.61. The topological polar surface area (TPSA) is 56.5 Å². The maximum absolute atomic E-state index is 10.1. The predicted octanol–water partition coefficient (Wildman–Crippen LogP) is 1.64. The molecule has 1 heterocycles. The maximum Gasteiger partial charge on any atom is 0.119 e. The predicted molar refractivity (Wildman–Crippen MR) is 72.9 cm³/mol. The van der Waals surface area contributed by atoms with Gasteiger partial charge in [-0.3, -0.25) is 4.90 Å². The van der Waals surface area contributed by atoms with Gasteiger partial charge in [-0.15, -0.1) is 0 Å². The molecular weight excluding hydrogens is 240 g/mol. The summed E-state index contributed by atoms with van der Waals surface area (Å²) >= 11 is 0. The van der Waals surface area contributed by atoms with Crippen LogP contribution in [0.1, 0.15) is 19.4 Å². The first-order chi connectivity index (χ1) is 9.03. The first kappa shape index (κ1) is 13.9. The summed E-state index contributed by atoms with van der Waals surface area (Å²) < 4.78 is 5.61. The molecule has 4 heteroatoms. The third-order valence-corrected chi connectivity index (χ3v) is 3.73. The van der Waals surface area contributed by atoms with Gasteiger partial charge in [0, 0.05) is 19.6 Å². The number of nitriles is 1. The summed E-state index contributed by atoms with van der Waals surface area (Å²) in [4.78, 5) is 2.18. The van der Waals surface area contributed by atoms with Crippen molar-refractivity contribution in [1.82, 2.24) is 4.90 Å². The van der Waals surface area contributed by atoms with Crippen LogP contribution in [-0.2, 0) is 0 Å². The molecule has 1 aromatic rings. The van der Waals surface area contributed by atoms with E-state index in [-0.39, 0.29) is 0 Å². The summed E-state index contributed by atoms with van der Waals surface area (Å²) in [5.41, 5.74) is 0.117. The van der Waals surface area contributed by atoms with Crippen LogP contribution in [0.4, 0.5) is 0 Å². The lowest BCUT2D eigenvalue weighted by Gasteiger charge is -2.49. The van der Waals surface area contributed by atoms with Gasteiger partial charge < -0.3 is 9.84 Å². The smallest absolute Gasteiger partial charge is 0.119 e. The SMILES string of the molecule is CC(C)C1(O)CN(CCOc2ccc(C#N)cc2)C1. The minimum atomic E-state index is -0.519. The van der Waals surface area contributed by atoms with Crippen LogP contribution in [0, 0.1) is 17.2 Å². The summed E-state index contributed by atoms with van der Waals surface area (Å²) in [6.45, 7) is 6.95.